The molecule has 1 heterocycles. The summed E-state index contributed by atoms with van der Waals surface area (Å²) in [6.45, 7) is 4.48. The summed E-state index contributed by atoms with van der Waals surface area (Å²) in [7, 11) is 0. The maximum atomic E-state index is 11.7. The standard InChI is InChI=1S/C15H25N3O3/c1-3-13(19)17-14(15-18-16-10-21-15)11(2)20-9-12-7-5-4-6-8-12/h10-12,14H,3-9H2,1-2H3,(H,17,19). The quantitative estimate of drug-likeness (QED) is 0.836. The summed E-state index contributed by atoms with van der Waals surface area (Å²) in [5.41, 5.74) is 0. The van der Waals surface area contributed by atoms with Gasteiger partial charge in [-0.25, -0.2) is 0 Å². The Morgan fingerprint density at radius 3 is 2.86 bits per heavy atom. The highest BCUT2D eigenvalue weighted by Crippen LogP contribution is 2.25. The Morgan fingerprint density at radius 1 is 1.48 bits per heavy atom. The fraction of sp³-hybridized carbons (Fsp3) is 0.800. The summed E-state index contributed by atoms with van der Waals surface area (Å²) in [4.78, 5) is 11.7. The molecule has 1 aliphatic rings. The average molecular weight is 295 g/mol. The molecule has 2 rings (SSSR count). The largest absolute Gasteiger partial charge is 0.426 e. The van der Waals surface area contributed by atoms with Gasteiger partial charge < -0.3 is 14.5 Å². The molecule has 0 aromatic carbocycles. The maximum Gasteiger partial charge on any atom is 0.241 e. The Bertz CT molecular complexity index is 416. The molecule has 1 amide bonds. The SMILES string of the molecule is CCC(=O)NC(c1nnco1)C(C)OCC1CCCCC1. The number of carbonyl (C=O) groups excluding carboxylic acids is 1. The van der Waals surface area contributed by atoms with Crippen LogP contribution in [0.1, 0.15) is 64.3 Å². The number of amides is 1. The third kappa shape index (κ3) is 4.81. The number of nitrogens with one attached hydrogen (secondary N) is 1. The molecule has 6 heteroatoms. The minimum absolute atomic E-state index is 0.0497. The molecule has 1 saturated carbocycles. The van der Waals surface area contributed by atoms with E-state index in [9.17, 15) is 4.79 Å². The van der Waals surface area contributed by atoms with Crippen molar-refractivity contribution in [1.82, 2.24) is 15.5 Å². The van der Waals surface area contributed by atoms with Gasteiger partial charge in [0.05, 0.1) is 6.10 Å². The summed E-state index contributed by atoms with van der Waals surface area (Å²) in [5, 5.41) is 10.5. The van der Waals surface area contributed by atoms with Crippen LogP contribution in [0.2, 0.25) is 0 Å². The molecule has 0 radical (unpaired) electrons. The van der Waals surface area contributed by atoms with E-state index < -0.39 is 0 Å². The van der Waals surface area contributed by atoms with Crippen molar-refractivity contribution >= 4 is 5.91 Å². The van der Waals surface area contributed by atoms with Crippen molar-refractivity contribution in [3.63, 3.8) is 0 Å². The second-order valence-corrected chi connectivity index (χ2v) is 5.72. The lowest BCUT2D eigenvalue weighted by Gasteiger charge is -2.26. The lowest BCUT2D eigenvalue weighted by Crippen LogP contribution is -2.37. The Hall–Kier alpha value is -1.43. The maximum absolute atomic E-state index is 11.7. The molecule has 1 N–H and O–H groups in total. The van der Waals surface area contributed by atoms with Crippen molar-refractivity contribution in [1.29, 1.82) is 0 Å². The van der Waals surface area contributed by atoms with E-state index in [0.717, 1.165) is 6.61 Å². The lowest BCUT2D eigenvalue weighted by atomic mass is 9.90. The van der Waals surface area contributed by atoms with E-state index in [2.05, 4.69) is 15.5 Å². The number of nitrogens with zero attached hydrogens (tertiary/aromatic N) is 2. The van der Waals surface area contributed by atoms with Crippen LogP contribution in [0.15, 0.2) is 10.8 Å². The van der Waals surface area contributed by atoms with Crippen molar-refractivity contribution in [3.8, 4) is 0 Å². The highest BCUT2D eigenvalue weighted by atomic mass is 16.5. The molecular formula is C15H25N3O3. The van der Waals surface area contributed by atoms with Gasteiger partial charge >= 0.3 is 0 Å². The number of rotatable bonds is 7. The summed E-state index contributed by atoms with van der Waals surface area (Å²) >= 11 is 0. The van der Waals surface area contributed by atoms with E-state index in [-0.39, 0.29) is 18.1 Å². The van der Waals surface area contributed by atoms with Crippen molar-refractivity contribution in [2.24, 2.45) is 5.92 Å². The van der Waals surface area contributed by atoms with E-state index in [0.29, 0.717) is 18.2 Å². The molecule has 21 heavy (non-hydrogen) atoms. The van der Waals surface area contributed by atoms with Crippen LogP contribution in [-0.2, 0) is 9.53 Å². The molecular weight excluding hydrogens is 270 g/mol. The molecule has 1 aliphatic carbocycles. The first-order valence-corrected chi connectivity index (χ1v) is 7.87. The van der Waals surface area contributed by atoms with E-state index in [4.69, 9.17) is 9.15 Å². The molecule has 1 aromatic rings. The fourth-order valence-corrected chi connectivity index (χ4v) is 2.71. The predicted molar refractivity (Wildman–Crippen MR) is 77.5 cm³/mol. The molecule has 0 saturated heterocycles. The van der Waals surface area contributed by atoms with Crippen LogP contribution in [0.25, 0.3) is 0 Å². The third-order valence-electron chi connectivity index (χ3n) is 4.07. The molecule has 2 unspecified atom stereocenters. The fourth-order valence-electron chi connectivity index (χ4n) is 2.71. The number of hydrogen-bond acceptors (Lipinski definition) is 5. The molecule has 118 valence electrons. The van der Waals surface area contributed by atoms with Gasteiger partial charge in [0.15, 0.2) is 0 Å². The highest BCUT2D eigenvalue weighted by molar-refractivity contribution is 5.75. The molecule has 0 aliphatic heterocycles. The zero-order chi connectivity index (χ0) is 15.1. The number of ether oxygens (including phenoxy) is 1. The minimum atomic E-state index is -0.386. The first-order chi connectivity index (χ1) is 10.2. The normalized spacial score (nSPS) is 19.1. The van der Waals surface area contributed by atoms with Gasteiger partial charge in [0.2, 0.25) is 18.2 Å². The van der Waals surface area contributed by atoms with Crippen molar-refractivity contribution < 1.29 is 13.9 Å². The van der Waals surface area contributed by atoms with Gasteiger partial charge in [-0.3, -0.25) is 4.79 Å². The molecule has 6 nitrogen and oxygen atoms in total. The van der Waals surface area contributed by atoms with Gasteiger partial charge in [-0.1, -0.05) is 26.2 Å². The monoisotopic (exact) mass is 295 g/mol. The van der Waals surface area contributed by atoms with Crippen molar-refractivity contribution in [3.05, 3.63) is 12.3 Å². The lowest BCUT2D eigenvalue weighted by molar-refractivity contribution is -0.123. The van der Waals surface area contributed by atoms with Crippen LogP contribution in [0.3, 0.4) is 0 Å². The summed E-state index contributed by atoms with van der Waals surface area (Å²) in [6, 6.07) is -0.386. The molecule has 0 bridgehead atoms. The first-order valence-electron chi connectivity index (χ1n) is 7.87. The van der Waals surface area contributed by atoms with E-state index in [1.807, 2.05) is 13.8 Å². The van der Waals surface area contributed by atoms with E-state index in [1.54, 1.807) is 0 Å². The topological polar surface area (TPSA) is 77.3 Å². The van der Waals surface area contributed by atoms with Gasteiger partial charge in [-0.15, -0.1) is 10.2 Å². The Labute approximate surface area is 125 Å². The molecule has 0 spiro atoms. The van der Waals surface area contributed by atoms with Crippen molar-refractivity contribution in [2.45, 2.75) is 64.5 Å². The van der Waals surface area contributed by atoms with Gasteiger partial charge in [0, 0.05) is 13.0 Å². The van der Waals surface area contributed by atoms with Crippen LogP contribution in [0, 0.1) is 5.92 Å². The summed E-state index contributed by atoms with van der Waals surface area (Å²) in [5.74, 6) is 0.977. The Kier molecular flexibility index (Phi) is 6.17. The van der Waals surface area contributed by atoms with Crippen LogP contribution < -0.4 is 5.32 Å². The highest BCUT2D eigenvalue weighted by Gasteiger charge is 2.27. The van der Waals surface area contributed by atoms with Crippen molar-refractivity contribution in [2.75, 3.05) is 6.61 Å². The van der Waals surface area contributed by atoms with Gasteiger partial charge in [-0.2, -0.15) is 0 Å². The zero-order valence-corrected chi connectivity index (χ0v) is 12.9. The number of aromatic nitrogens is 2. The van der Waals surface area contributed by atoms with Crippen LogP contribution in [0.4, 0.5) is 0 Å². The Balaban J connectivity index is 1.90. The molecule has 1 fully saturated rings. The smallest absolute Gasteiger partial charge is 0.241 e. The summed E-state index contributed by atoms with van der Waals surface area (Å²) in [6.07, 6.45) is 7.89. The van der Waals surface area contributed by atoms with Crippen LogP contribution >= 0.6 is 0 Å². The molecule has 1 aromatic heterocycles. The molecule has 2 atom stereocenters. The Morgan fingerprint density at radius 2 is 2.24 bits per heavy atom. The van der Waals surface area contributed by atoms with Crippen LogP contribution in [0.5, 0.6) is 0 Å². The minimum Gasteiger partial charge on any atom is -0.426 e. The second kappa shape index (κ2) is 8.12. The second-order valence-electron chi connectivity index (χ2n) is 5.72. The van der Waals surface area contributed by atoms with Gasteiger partial charge in [0.1, 0.15) is 6.04 Å². The first kappa shape index (κ1) is 15.9. The average Bonchev–Trinajstić information content (AvgIpc) is 3.05. The van der Waals surface area contributed by atoms with Gasteiger partial charge in [-0.05, 0) is 25.7 Å². The third-order valence-corrected chi connectivity index (χ3v) is 4.07. The predicted octanol–water partition coefficient (Wildman–Crippen LogP) is 2.62. The number of carbonyl (C=O) groups is 1. The number of hydrogen-bond donors (Lipinski definition) is 1. The van der Waals surface area contributed by atoms with E-state index in [1.165, 1.54) is 38.5 Å². The zero-order valence-electron chi connectivity index (χ0n) is 12.9. The van der Waals surface area contributed by atoms with Gasteiger partial charge in [0.25, 0.3) is 0 Å². The van der Waals surface area contributed by atoms with Crippen LogP contribution in [-0.4, -0.2) is 28.8 Å². The summed E-state index contributed by atoms with van der Waals surface area (Å²) < 4.78 is 11.2. The van der Waals surface area contributed by atoms with E-state index >= 15 is 0 Å².